The van der Waals surface area contributed by atoms with Crippen LogP contribution in [0.15, 0.2) is 48.5 Å². The van der Waals surface area contributed by atoms with Crippen molar-refractivity contribution in [3.8, 4) is 5.75 Å². The van der Waals surface area contributed by atoms with Crippen molar-refractivity contribution >= 4 is 28.7 Å². The van der Waals surface area contributed by atoms with Crippen molar-refractivity contribution in [2.75, 3.05) is 17.2 Å². The Morgan fingerprint density at radius 1 is 1.05 bits per heavy atom. The summed E-state index contributed by atoms with van der Waals surface area (Å²) in [6, 6.07) is 16.1. The lowest BCUT2D eigenvalue weighted by Crippen LogP contribution is -2.19. The number of benzene rings is 2. The fourth-order valence-corrected chi connectivity index (χ4v) is 2.32. The molecule has 2 aromatic rings. The molecule has 22 heavy (non-hydrogen) atoms. The van der Waals surface area contributed by atoms with Crippen molar-refractivity contribution in [2.45, 2.75) is 26.7 Å². The van der Waals surface area contributed by atoms with Gasteiger partial charge in [0.25, 0.3) is 0 Å². The smallest absolute Gasteiger partial charge is 0.175 e. The van der Waals surface area contributed by atoms with Gasteiger partial charge < -0.3 is 15.4 Å². The predicted octanol–water partition coefficient (Wildman–Crippen LogP) is 5.02. The number of thiocarbonyl (C=S) groups is 1. The van der Waals surface area contributed by atoms with E-state index in [-0.39, 0.29) is 0 Å². The molecule has 2 rings (SSSR count). The minimum absolute atomic E-state index is 0.525. The van der Waals surface area contributed by atoms with E-state index in [4.69, 9.17) is 17.0 Å². The van der Waals surface area contributed by atoms with Crippen LogP contribution in [0.2, 0.25) is 0 Å². The average molecular weight is 314 g/mol. The molecule has 0 atom stereocenters. The van der Waals surface area contributed by atoms with Crippen molar-refractivity contribution in [3.63, 3.8) is 0 Å². The third-order valence-electron chi connectivity index (χ3n) is 3.27. The van der Waals surface area contributed by atoms with Crippen LogP contribution in [0.4, 0.5) is 11.4 Å². The fourth-order valence-electron chi connectivity index (χ4n) is 2.09. The molecule has 0 amide bonds. The number of hydrogen-bond acceptors (Lipinski definition) is 2. The first-order valence-electron chi connectivity index (χ1n) is 7.50. The summed E-state index contributed by atoms with van der Waals surface area (Å²) in [5.41, 5.74) is 3.14. The average Bonchev–Trinajstić information content (AvgIpc) is 2.50. The van der Waals surface area contributed by atoms with E-state index in [1.807, 2.05) is 43.3 Å². The maximum Gasteiger partial charge on any atom is 0.175 e. The highest BCUT2D eigenvalue weighted by Gasteiger charge is 2.05. The summed E-state index contributed by atoms with van der Waals surface area (Å²) in [7, 11) is 0. The van der Waals surface area contributed by atoms with Gasteiger partial charge in [0.05, 0.1) is 12.3 Å². The van der Waals surface area contributed by atoms with Crippen LogP contribution < -0.4 is 15.4 Å². The first-order chi connectivity index (χ1) is 10.6. The number of rotatable bonds is 5. The molecule has 0 bridgehead atoms. The molecule has 2 N–H and O–H groups in total. The minimum Gasteiger partial charge on any atom is -0.492 e. The van der Waals surface area contributed by atoms with Gasteiger partial charge in [0.1, 0.15) is 5.75 Å². The third-order valence-corrected chi connectivity index (χ3v) is 3.47. The van der Waals surface area contributed by atoms with Gasteiger partial charge in [-0.15, -0.1) is 0 Å². The SMILES string of the molecule is CCOc1ccccc1NC(=S)Nc1ccc(C(C)C)cc1. The number of para-hydroxylation sites is 2. The topological polar surface area (TPSA) is 33.3 Å². The largest absolute Gasteiger partial charge is 0.492 e. The summed E-state index contributed by atoms with van der Waals surface area (Å²) in [5.74, 6) is 1.32. The van der Waals surface area contributed by atoms with E-state index in [0.717, 1.165) is 17.1 Å². The number of ether oxygens (including phenoxy) is 1. The Morgan fingerprint density at radius 3 is 2.36 bits per heavy atom. The molecule has 0 aliphatic rings. The van der Waals surface area contributed by atoms with Gasteiger partial charge in [0, 0.05) is 5.69 Å². The number of nitrogens with one attached hydrogen (secondary N) is 2. The van der Waals surface area contributed by atoms with E-state index in [2.05, 4.69) is 36.6 Å². The molecule has 0 aliphatic carbocycles. The third kappa shape index (κ3) is 4.46. The van der Waals surface area contributed by atoms with Crippen LogP contribution >= 0.6 is 12.2 Å². The molecule has 0 saturated carbocycles. The van der Waals surface area contributed by atoms with Gasteiger partial charge in [-0.2, -0.15) is 0 Å². The van der Waals surface area contributed by atoms with E-state index in [9.17, 15) is 0 Å². The van der Waals surface area contributed by atoms with E-state index in [1.54, 1.807) is 0 Å². The summed E-state index contributed by atoms with van der Waals surface area (Å²) in [6.45, 7) is 6.94. The lowest BCUT2D eigenvalue weighted by molar-refractivity contribution is 0.342. The maximum absolute atomic E-state index is 5.58. The standard InChI is InChI=1S/C18H22N2OS/c1-4-21-17-8-6-5-7-16(17)20-18(22)19-15-11-9-14(10-12-15)13(2)3/h5-13H,4H2,1-3H3,(H2,19,20,22). The fraction of sp³-hybridized carbons (Fsp3) is 0.278. The van der Waals surface area contributed by atoms with E-state index >= 15 is 0 Å². The molecule has 2 aromatic carbocycles. The molecule has 0 aliphatic heterocycles. The highest BCUT2D eigenvalue weighted by molar-refractivity contribution is 7.80. The predicted molar refractivity (Wildman–Crippen MR) is 98.0 cm³/mol. The summed E-state index contributed by atoms with van der Waals surface area (Å²) >= 11 is 5.37. The molecule has 4 heteroatoms. The van der Waals surface area contributed by atoms with Crippen molar-refractivity contribution < 1.29 is 4.74 Å². The molecule has 0 radical (unpaired) electrons. The highest BCUT2D eigenvalue weighted by Crippen LogP contribution is 2.24. The van der Waals surface area contributed by atoms with Crippen molar-refractivity contribution in [3.05, 3.63) is 54.1 Å². The minimum atomic E-state index is 0.525. The van der Waals surface area contributed by atoms with E-state index in [1.165, 1.54) is 5.56 Å². The summed E-state index contributed by atoms with van der Waals surface area (Å²) in [6.07, 6.45) is 0. The molecule has 0 fully saturated rings. The molecule has 0 spiro atoms. The second kappa shape index (κ2) is 7.80. The van der Waals surface area contributed by atoms with Crippen molar-refractivity contribution in [1.29, 1.82) is 0 Å². The maximum atomic E-state index is 5.58. The van der Waals surface area contributed by atoms with Crippen molar-refractivity contribution in [1.82, 2.24) is 0 Å². The Morgan fingerprint density at radius 2 is 1.73 bits per heavy atom. The van der Waals surface area contributed by atoms with Crippen LogP contribution in [-0.4, -0.2) is 11.7 Å². The first kappa shape index (κ1) is 16.3. The molecule has 0 saturated heterocycles. The lowest BCUT2D eigenvalue weighted by Gasteiger charge is -2.14. The molecule has 0 unspecified atom stereocenters. The Bertz CT molecular complexity index is 623. The van der Waals surface area contributed by atoms with Gasteiger partial charge >= 0.3 is 0 Å². The van der Waals surface area contributed by atoms with Gasteiger partial charge in [-0.3, -0.25) is 0 Å². The van der Waals surface area contributed by atoms with Crippen LogP contribution in [0.1, 0.15) is 32.3 Å². The first-order valence-corrected chi connectivity index (χ1v) is 7.90. The molecular formula is C18H22N2OS. The molecule has 116 valence electrons. The highest BCUT2D eigenvalue weighted by atomic mass is 32.1. The summed E-state index contributed by atoms with van der Waals surface area (Å²) in [4.78, 5) is 0. The normalized spacial score (nSPS) is 10.4. The van der Waals surface area contributed by atoms with E-state index < -0.39 is 0 Å². The monoisotopic (exact) mass is 314 g/mol. The Labute approximate surface area is 137 Å². The molecule has 3 nitrogen and oxygen atoms in total. The zero-order valence-corrected chi connectivity index (χ0v) is 14.0. The van der Waals surface area contributed by atoms with Crippen LogP contribution in [0.3, 0.4) is 0 Å². The van der Waals surface area contributed by atoms with Crippen LogP contribution in [-0.2, 0) is 0 Å². The van der Waals surface area contributed by atoms with Crippen LogP contribution in [0.25, 0.3) is 0 Å². The van der Waals surface area contributed by atoms with Gasteiger partial charge in [-0.05, 0) is 54.9 Å². The van der Waals surface area contributed by atoms with Crippen LogP contribution in [0, 0.1) is 0 Å². The number of hydrogen-bond donors (Lipinski definition) is 2. The molecule has 0 heterocycles. The van der Waals surface area contributed by atoms with Gasteiger partial charge in [-0.25, -0.2) is 0 Å². The van der Waals surface area contributed by atoms with E-state index in [0.29, 0.717) is 17.6 Å². The molecule has 0 aromatic heterocycles. The van der Waals surface area contributed by atoms with Gasteiger partial charge in [0.2, 0.25) is 0 Å². The second-order valence-corrected chi connectivity index (χ2v) is 5.69. The zero-order chi connectivity index (χ0) is 15.9. The van der Waals surface area contributed by atoms with Crippen molar-refractivity contribution in [2.24, 2.45) is 0 Å². The number of anilines is 2. The Balaban J connectivity index is 2.01. The Hall–Kier alpha value is -2.07. The zero-order valence-electron chi connectivity index (χ0n) is 13.2. The van der Waals surface area contributed by atoms with Crippen LogP contribution in [0.5, 0.6) is 5.75 Å². The summed E-state index contributed by atoms with van der Waals surface area (Å²) in [5, 5.41) is 6.91. The second-order valence-electron chi connectivity index (χ2n) is 5.29. The van der Waals surface area contributed by atoms with Gasteiger partial charge in [-0.1, -0.05) is 38.1 Å². The quantitative estimate of drug-likeness (QED) is 0.759. The van der Waals surface area contributed by atoms with Gasteiger partial charge in [0.15, 0.2) is 5.11 Å². The molecular weight excluding hydrogens is 292 g/mol. The summed E-state index contributed by atoms with van der Waals surface area (Å²) < 4.78 is 5.58. The lowest BCUT2D eigenvalue weighted by atomic mass is 10.0. The Kier molecular flexibility index (Phi) is 5.78.